The Morgan fingerprint density at radius 2 is 1.73 bits per heavy atom. The van der Waals surface area contributed by atoms with Crippen LogP contribution in [0.15, 0.2) is 47.4 Å². The van der Waals surface area contributed by atoms with Gasteiger partial charge in [-0.2, -0.15) is 0 Å². The van der Waals surface area contributed by atoms with E-state index >= 15 is 0 Å². The molecule has 30 heavy (non-hydrogen) atoms. The minimum Gasteiger partial charge on any atom is -0.497 e. The quantitative estimate of drug-likeness (QED) is 0.593. The number of hydrogen-bond acceptors (Lipinski definition) is 6. The van der Waals surface area contributed by atoms with Gasteiger partial charge in [-0.1, -0.05) is 13.0 Å². The lowest BCUT2D eigenvalue weighted by molar-refractivity contribution is -0.122. The summed E-state index contributed by atoms with van der Waals surface area (Å²) >= 11 is 0. The summed E-state index contributed by atoms with van der Waals surface area (Å²) in [6.45, 7) is 5.27. The van der Waals surface area contributed by atoms with Crippen LogP contribution in [0, 0.1) is 0 Å². The molecule has 0 radical (unpaired) electrons. The molecule has 0 saturated carbocycles. The van der Waals surface area contributed by atoms with Crippen LogP contribution in [0.2, 0.25) is 0 Å². The summed E-state index contributed by atoms with van der Waals surface area (Å²) in [6, 6.07) is 11.0. The summed E-state index contributed by atoms with van der Waals surface area (Å²) in [5.41, 5.74) is 0.238. The van der Waals surface area contributed by atoms with Gasteiger partial charge in [-0.15, -0.1) is 0 Å². The third-order valence-electron chi connectivity index (χ3n) is 4.11. The molecule has 0 heterocycles. The Hall–Kier alpha value is -2.78. The molecule has 0 unspecified atom stereocenters. The van der Waals surface area contributed by atoms with Crippen LogP contribution in [0.4, 0.5) is 5.69 Å². The topological polar surface area (TPSA) is 103 Å². The number of benzene rings is 2. The summed E-state index contributed by atoms with van der Waals surface area (Å²) in [6.07, 6.45) is -0.394. The Morgan fingerprint density at radius 1 is 1.03 bits per heavy atom. The molecule has 2 N–H and O–H groups in total. The predicted octanol–water partition coefficient (Wildman–Crippen LogP) is 3.19. The van der Waals surface area contributed by atoms with Crippen molar-refractivity contribution < 1.29 is 27.4 Å². The van der Waals surface area contributed by atoms with Crippen molar-refractivity contribution in [3.05, 3.63) is 42.5 Å². The third kappa shape index (κ3) is 6.11. The van der Waals surface area contributed by atoms with Crippen LogP contribution in [0.5, 0.6) is 17.2 Å². The van der Waals surface area contributed by atoms with E-state index in [-0.39, 0.29) is 16.6 Å². The highest BCUT2D eigenvalue weighted by atomic mass is 32.2. The van der Waals surface area contributed by atoms with E-state index in [1.165, 1.54) is 25.3 Å². The first-order valence-corrected chi connectivity index (χ1v) is 11.0. The van der Waals surface area contributed by atoms with Gasteiger partial charge < -0.3 is 19.5 Å². The number of rotatable bonds is 10. The molecule has 1 atom stereocenters. The summed E-state index contributed by atoms with van der Waals surface area (Å²) in [4.78, 5) is 12.8. The molecule has 2 aromatic carbocycles. The van der Waals surface area contributed by atoms with E-state index in [1.54, 1.807) is 45.2 Å². The first-order chi connectivity index (χ1) is 14.2. The van der Waals surface area contributed by atoms with Gasteiger partial charge in [-0.25, -0.2) is 13.1 Å². The lowest BCUT2D eigenvalue weighted by Gasteiger charge is -2.19. The largest absolute Gasteiger partial charge is 0.497 e. The van der Waals surface area contributed by atoms with Gasteiger partial charge in [0.25, 0.3) is 5.91 Å². The van der Waals surface area contributed by atoms with Gasteiger partial charge in [0.05, 0.1) is 24.8 Å². The Kier molecular flexibility index (Phi) is 8.08. The van der Waals surface area contributed by atoms with Crippen LogP contribution < -0.4 is 24.2 Å². The van der Waals surface area contributed by atoms with E-state index in [1.807, 2.05) is 6.92 Å². The lowest BCUT2D eigenvalue weighted by Crippen LogP contribution is -2.33. The summed E-state index contributed by atoms with van der Waals surface area (Å²) in [7, 11) is -0.741. The van der Waals surface area contributed by atoms with Crippen LogP contribution in [-0.2, 0) is 14.8 Å². The van der Waals surface area contributed by atoms with E-state index in [9.17, 15) is 13.2 Å². The van der Waals surface area contributed by atoms with Gasteiger partial charge in [0.15, 0.2) is 6.10 Å². The molecule has 0 aliphatic rings. The highest BCUT2D eigenvalue weighted by Gasteiger charge is 2.22. The first-order valence-electron chi connectivity index (χ1n) is 9.52. The number of amides is 1. The molecule has 0 aromatic heterocycles. The van der Waals surface area contributed by atoms with Crippen molar-refractivity contribution in [1.82, 2.24) is 4.72 Å². The summed E-state index contributed by atoms with van der Waals surface area (Å²) in [5, 5.41) is 2.71. The molecular weight excluding hydrogens is 408 g/mol. The van der Waals surface area contributed by atoms with Crippen LogP contribution in [0.25, 0.3) is 0 Å². The van der Waals surface area contributed by atoms with Crippen molar-refractivity contribution in [2.24, 2.45) is 0 Å². The number of carbonyl (C=O) groups excluding carboxylic acids is 1. The van der Waals surface area contributed by atoms with E-state index in [0.717, 1.165) is 0 Å². The SMILES string of the molecule is CC[C@@H](Oc1cccc(OC)c1)C(=O)Nc1cc(S(=O)(=O)NC(C)C)ccc1OC. The molecular formula is C21H28N2O6S. The maximum Gasteiger partial charge on any atom is 0.265 e. The van der Waals surface area contributed by atoms with Gasteiger partial charge >= 0.3 is 0 Å². The number of ether oxygens (including phenoxy) is 3. The fourth-order valence-corrected chi connectivity index (χ4v) is 3.98. The number of hydrogen-bond donors (Lipinski definition) is 2. The molecule has 9 heteroatoms. The fraction of sp³-hybridized carbons (Fsp3) is 0.381. The van der Waals surface area contributed by atoms with E-state index in [4.69, 9.17) is 14.2 Å². The first kappa shape index (κ1) is 23.5. The number of methoxy groups -OCH3 is 2. The molecule has 0 spiro atoms. The van der Waals surface area contributed by atoms with Crippen molar-refractivity contribution in [1.29, 1.82) is 0 Å². The monoisotopic (exact) mass is 436 g/mol. The van der Waals surface area contributed by atoms with Crippen LogP contribution in [0.1, 0.15) is 27.2 Å². The molecule has 2 rings (SSSR count). The predicted molar refractivity (Wildman–Crippen MR) is 115 cm³/mol. The zero-order valence-electron chi connectivity index (χ0n) is 17.8. The highest BCUT2D eigenvalue weighted by molar-refractivity contribution is 7.89. The van der Waals surface area contributed by atoms with Crippen molar-refractivity contribution in [2.45, 2.75) is 44.2 Å². The third-order valence-corrected chi connectivity index (χ3v) is 5.77. The normalized spacial score (nSPS) is 12.3. The standard InChI is InChI=1S/C21H28N2O6S/c1-6-19(29-16-9-7-8-15(12-16)27-4)21(24)22-18-13-17(10-11-20(18)28-5)30(25,26)23-14(2)3/h7-14,19,23H,6H2,1-5H3,(H,22,24)/t19-/m1/s1. The zero-order valence-corrected chi connectivity index (χ0v) is 18.6. The number of nitrogens with one attached hydrogen (secondary N) is 2. The molecule has 164 valence electrons. The maximum absolute atomic E-state index is 12.8. The van der Waals surface area contributed by atoms with Crippen molar-refractivity contribution in [3.8, 4) is 17.2 Å². The van der Waals surface area contributed by atoms with Crippen LogP contribution in [-0.4, -0.2) is 40.7 Å². The average molecular weight is 437 g/mol. The lowest BCUT2D eigenvalue weighted by atomic mass is 10.2. The van der Waals surface area contributed by atoms with E-state index < -0.39 is 22.0 Å². The highest BCUT2D eigenvalue weighted by Crippen LogP contribution is 2.28. The Labute approximate surface area is 177 Å². The van der Waals surface area contributed by atoms with Gasteiger partial charge in [-0.3, -0.25) is 4.79 Å². The molecule has 1 amide bonds. The molecule has 0 aliphatic carbocycles. The van der Waals surface area contributed by atoms with Crippen molar-refractivity contribution in [3.63, 3.8) is 0 Å². The van der Waals surface area contributed by atoms with Crippen molar-refractivity contribution in [2.75, 3.05) is 19.5 Å². The minimum atomic E-state index is -3.73. The van der Waals surface area contributed by atoms with E-state index in [2.05, 4.69) is 10.0 Å². The Balaban J connectivity index is 2.25. The molecule has 0 bridgehead atoms. The van der Waals surface area contributed by atoms with Crippen LogP contribution in [0.3, 0.4) is 0 Å². The van der Waals surface area contributed by atoms with Gasteiger partial charge in [0, 0.05) is 12.1 Å². The fourth-order valence-electron chi connectivity index (χ4n) is 2.70. The number of anilines is 1. The van der Waals surface area contributed by atoms with Crippen molar-refractivity contribution >= 4 is 21.6 Å². The maximum atomic E-state index is 12.8. The molecule has 0 aliphatic heterocycles. The smallest absolute Gasteiger partial charge is 0.265 e. The second-order valence-electron chi connectivity index (χ2n) is 6.82. The molecule has 2 aromatic rings. The van der Waals surface area contributed by atoms with Gasteiger partial charge in [-0.05, 0) is 50.6 Å². The number of carbonyl (C=O) groups is 1. The second kappa shape index (κ2) is 10.3. The minimum absolute atomic E-state index is 0.0223. The molecule has 0 fully saturated rings. The molecule has 8 nitrogen and oxygen atoms in total. The number of sulfonamides is 1. The average Bonchev–Trinajstić information content (AvgIpc) is 2.71. The Bertz CT molecular complexity index is 975. The zero-order chi connectivity index (χ0) is 22.3. The second-order valence-corrected chi connectivity index (χ2v) is 8.54. The Morgan fingerprint density at radius 3 is 2.33 bits per heavy atom. The molecule has 0 saturated heterocycles. The van der Waals surface area contributed by atoms with Crippen LogP contribution >= 0.6 is 0 Å². The van der Waals surface area contributed by atoms with E-state index in [0.29, 0.717) is 23.7 Å². The van der Waals surface area contributed by atoms with Gasteiger partial charge in [0.2, 0.25) is 10.0 Å². The van der Waals surface area contributed by atoms with Gasteiger partial charge in [0.1, 0.15) is 17.2 Å². The summed E-state index contributed by atoms with van der Waals surface area (Å²) < 4.78 is 43.7. The summed E-state index contributed by atoms with van der Waals surface area (Å²) in [5.74, 6) is 1.01.